The van der Waals surface area contributed by atoms with Gasteiger partial charge in [0.2, 0.25) is 0 Å². The van der Waals surface area contributed by atoms with Gasteiger partial charge in [0.25, 0.3) is 11.8 Å². The fourth-order valence-corrected chi connectivity index (χ4v) is 1.30. The molecule has 2 N–H and O–H groups in total. The molecule has 2 amide bonds. The summed E-state index contributed by atoms with van der Waals surface area (Å²) in [4.78, 5) is 22.3. The van der Waals surface area contributed by atoms with E-state index >= 15 is 0 Å². The molecule has 0 fully saturated rings. The van der Waals surface area contributed by atoms with Crippen molar-refractivity contribution in [2.75, 3.05) is 13.1 Å². The van der Waals surface area contributed by atoms with Crippen LogP contribution in [0.1, 0.15) is 27.7 Å². The molecular weight excluding hydrogens is 330 g/mol. The van der Waals surface area contributed by atoms with Crippen LogP contribution in [-0.4, -0.2) is 42.7 Å². The van der Waals surface area contributed by atoms with Crippen molar-refractivity contribution in [3.8, 4) is 0 Å². The molecule has 23 heavy (non-hydrogen) atoms. The largest absolute Gasteiger partial charge is 0.393 e. The van der Waals surface area contributed by atoms with Crippen molar-refractivity contribution < 1.29 is 35.9 Å². The van der Waals surface area contributed by atoms with E-state index in [0.717, 1.165) is 0 Å². The topological polar surface area (TPSA) is 58.2 Å². The van der Waals surface area contributed by atoms with Gasteiger partial charge in [-0.2, -0.15) is 26.3 Å². The van der Waals surface area contributed by atoms with Gasteiger partial charge in [-0.25, -0.2) is 0 Å². The van der Waals surface area contributed by atoms with Gasteiger partial charge in [0.15, 0.2) is 0 Å². The lowest BCUT2D eigenvalue weighted by molar-refractivity contribution is -0.287. The lowest BCUT2D eigenvalue weighted by Crippen LogP contribution is -2.65. The minimum Gasteiger partial charge on any atom is -0.350 e. The lowest BCUT2D eigenvalue weighted by atomic mass is 10.0. The molecule has 0 aliphatic heterocycles. The van der Waals surface area contributed by atoms with Crippen LogP contribution in [0.25, 0.3) is 0 Å². The second-order valence-electron chi connectivity index (χ2n) is 5.93. The van der Waals surface area contributed by atoms with Crippen LogP contribution in [0.15, 0.2) is 0 Å². The first kappa shape index (κ1) is 21.5. The Balaban J connectivity index is 5.31. The SMILES string of the molecule is CC(C)CNC(=O)C(F)(F)C(F)(F)C(F)(F)C(=O)NCC(C)C. The van der Waals surface area contributed by atoms with Crippen LogP contribution >= 0.6 is 0 Å². The fraction of sp³-hybridized carbons (Fsp3) is 0.846. The number of rotatable bonds is 8. The zero-order valence-electron chi connectivity index (χ0n) is 13.2. The molecule has 0 aromatic heterocycles. The standard InChI is InChI=1S/C13H20F6N2O2/c1-7(2)5-20-9(22)11(14,15)13(18,19)12(16,17)10(23)21-6-8(3)4/h7-8H,5-6H2,1-4H3,(H,20,22)(H,21,23). The number of amides is 2. The molecule has 0 aliphatic rings. The van der Waals surface area contributed by atoms with E-state index in [1.165, 1.54) is 38.3 Å². The average molecular weight is 350 g/mol. The maximum absolute atomic E-state index is 13.5. The third-order valence-corrected chi connectivity index (χ3v) is 2.70. The van der Waals surface area contributed by atoms with E-state index in [2.05, 4.69) is 0 Å². The molecular formula is C13H20F6N2O2. The zero-order chi connectivity index (χ0) is 18.6. The molecule has 136 valence electrons. The second-order valence-corrected chi connectivity index (χ2v) is 5.93. The van der Waals surface area contributed by atoms with Crippen LogP contribution in [0.2, 0.25) is 0 Å². The van der Waals surface area contributed by atoms with Crippen molar-refractivity contribution >= 4 is 11.8 Å². The average Bonchev–Trinajstić information content (AvgIpc) is 2.40. The van der Waals surface area contributed by atoms with Crippen LogP contribution in [-0.2, 0) is 9.59 Å². The normalized spacial score (nSPS) is 13.4. The molecule has 0 heterocycles. The minimum absolute atomic E-state index is 0.363. The van der Waals surface area contributed by atoms with Gasteiger partial charge in [-0.15, -0.1) is 0 Å². The van der Waals surface area contributed by atoms with E-state index in [0.29, 0.717) is 0 Å². The number of hydrogen-bond donors (Lipinski definition) is 2. The van der Waals surface area contributed by atoms with Crippen LogP contribution in [0.4, 0.5) is 26.3 Å². The number of carbonyl (C=O) groups excluding carboxylic acids is 2. The first-order valence-electron chi connectivity index (χ1n) is 6.88. The van der Waals surface area contributed by atoms with Gasteiger partial charge in [0.1, 0.15) is 0 Å². The van der Waals surface area contributed by atoms with Crippen LogP contribution in [0.5, 0.6) is 0 Å². The van der Waals surface area contributed by atoms with E-state index in [1.807, 2.05) is 0 Å². The van der Waals surface area contributed by atoms with E-state index in [1.54, 1.807) is 0 Å². The Morgan fingerprint density at radius 3 is 1.22 bits per heavy atom. The summed E-state index contributed by atoms with van der Waals surface area (Å²) in [5, 5.41) is 2.91. The molecule has 0 aromatic carbocycles. The summed E-state index contributed by atoms with van der Waals surface area (Å²) in [5.41, 5.74) is 0. The van der Waals surface area contributed by atoms with E-state index in [4.69, 9.17) is 0 Å². The summed E-state index contributed by atoms with van der Waals surface area (Å²) in [6.45, 7) is 5.15. The van der Waals surface area contributed by atoms with Crippen LogP contribution < -0.4 is 10.6 Å². The molecule has 0 atom stereocenters. The Bertz CT molecular complexity index is 400. The molecule has 0 unspecified atom stereocenters. The highest BCUT2D eigenvalue weighted by molar-refractivity contribution is 5.89. The summed E-state index contributed by atoms with van der Waals surface area (Å²) in [7, 11) is 0. The maximum Gasteiger partial charge on any atom is 0.393 e. The van der Waals surface area contributed by atoms with Gasteiger partial charge in [0.05, 0.1) is 0 Å². The van der Waals surface area contributed by atoms with Gasteiger partial charge in [-0.3, -0.25) is 9.59 Å². The third kappa shape index (κ3) is 4.74. The molecule has 4 nitrogen and oxygen atoms in total. The number of nitrogens with one attached hydrogen (secondary N) is 2. The van der Waals surface area contributed by atoms with E-state index < -0.39 is 42.7 Å². The number of alkyl halides is 6. The van der Waals surface area contributed by atoms with Gasteiger partial charge in [-0.05, 0) is 11.8 Å². The number of hydrogen-bond acceptors (Lipinski definition) is 2. The van der Waals surface area contributed by atoms with E-state index in [-0.39, 0.29) is 11.8 Å². The molecule has 0 saturated carbocycles. The summed E-state index contributed by atoms with van der Waals surface area (Å²) < 4.78 is 80.9. The molecule has 0 radical (unpaired) electrons. The predicted molar refractivity (Wildman–Crippen MR) is 70.5 cm³/mol. The molecule has 10 heteroatoms. The first-order valence-corrected chi connectivity index (χ1v) is 6.88. The molecule has 0 aliphatic carbocycles. The van der Waals surface area contributed by atoms with Gasteiger partial charge < -0.3 is 10.6 Å². The van der Waals surface area contributed by atoms with Crippen LogP contribution in [0.3, 0.4) is 0 Å². The monoisotopic (exact) mass is 350 g/mol. The van der Waals surface area contributed by atoms with Crippen LogP contribution in [0, 0.1) is 11.8 Å². The first-order chi connectivity index (χ1) is 10.2. The molecule has 0 rings (SSSR count). The van der Waals surface area contributed by atoms with E-state index in [9.17, 15) is 35.9 Å². The van der Waals surface area contributed by atoms with Gasteiger partial charge in [0, 0.05) is 13.1 Å². The quantitative estimate of drug-likeness (QED) is 0.661. The highest BCUT2D eigenvalue weighted by Crippen LogP contribution is 2.46. The molecule has 0 bridgehead atoms. The van der Waals surface area contributed by atoms with Crippen molar-refractivity contribution in [1.29, 1.82) is 0 Å². The Labute approximate surface area is 130 Å². The summed E-state index contributed by atoms with van der Waals surface area (Å²) in [5.74, 6) is -23.5. The number of halogens is 6. The van der Waals surface area contributed by atoms with Crippen molar-refractivity contribution in [2.24, 2.45) is 11.8 Å². The Morgan fingerprint density at radius 2 is 1.00 bits per heavy atom. The summed E-state index contributed by atoms with van der Waals surface area (Å²) in [6, 6.07) is 0. The lowest BCUT2D eigenvalue weighted by Gasteiger charge is -2.31. The number of carbonyl (C=O) groups is 2. The Hall–Kier alpha value is -1.48. The summed E-state index contributed by atoms with van der Waals surface area (Å²) >= 11 is 0. The highest BCUT2D eigenvalue weighted by atomic mass is 19.3. The zero-order valence-corrected chi connectivity index (χ0v) is 13.2. The Morgan fingerprint density at radius 1 is 0.739 bits per heavy atom. The van der Waals surface area contributed by atoms with Crippen molar-refractivity contribution in [2.45, 2.75) is 45.5 Å². The van der Waals surface area contributed by atoms with Crippen molar-refractivity contribution in [3.63, 3.8) is 0 Å². The predicted octanol–water partition coefficient (Wildman–Crippen LogP) is 2.44. The maximum atomic E-state index is 13.5. The summed E-state index contributed by atoms with van der Waals surface area (Å²) in [6.07, 6.45) is 0. The third-order valence-electron chi connectivity index (χ3n) is 2.70. The fourth-order valence-electron chi connectivity index (χ4n) is 1.30. The minimum atomic E-state index is -6.18. The van der Waals surface area contributed by atoms with Gasteiger partial charge in [-0.1, -0.05) is 27.7 Å². The highest BCUT2D eigenvalue weighted by Gasteiger charge is 2.77. The molecule has 0 saturated heterocycles. The van der Waals surface area contributed by atoms with Crippen molar-refractivity contribution in [1.82, 2.24) is 10.6 Å². The molecule has 0 aromatic rings. The Kier molecular flexibility index (Phi) is 6.92. The van der Waals surface area contributed by atoms with Crippen molar-refractivity contribution in [3.05, 3.63) is 0 Å². The second kappa shape index (κ2) is 7.39. The molecule has 0 spiro atoms. The smallest absolute Gasteiger partial charge is 0.350 e. The van der Waals surface area contributed by atoms with Gasteiger partial charge >= 0.3 is 17.8 Å².